The lowest BCUT2D eigenvalue weighted by molar-refractivity contribution is 0.260. The molecule has 0 bridgehead atoms. The first-order valence-electron chi connectivity index (χ1n) is 9.68. The van der Waals surface area contributed by atoms with Crippen LogP contribution in [0, 0.1) is 0 Å². The summed E-state index contributed by atoms with van der Waals surface area (Å²) < 4.78 is 0. The van der Waals surface area contributed by atoms with Crippen molar-refractivity contribution in [3.05, 3.63) is 53.3 Å². The van der Waals surface area contributed by atoms with Crippen molar-refractivity contribution in [2.75, 3.05) is 57.8 Å². The van der Waals surface area contributed by atoms with Crippen molar-refractivity contribution in [1.82, 2.24) is 25.5 Å². The summed E-state index contributed by atoms with van der Waals surface area (Å²) in [7, 11) is 1.80. The average molecular weight is 530 g/mol. The van der Waals surface area contributed by atoms with Crippen LogP contribution in [0.15, 0.2) is 47.7 Å². The number of nitrogens with zero attached hydrogens (tertiary/aromatic N) is 5. The summed E-state index contributed by atoms with van der Waals surface area (Å²) in [5.41, 5.74) is 1.22. The van der Waals surface area contributed by atoms with E-state index in [1.165, 1.54) is 5.56 Å². The van der Waals surface area contributed by atoms with Gasteiger partial charge in [-0.15, -0.1) is 24.0 Å². The molecule has 1 saturated heterocycles. The third-order valence-electron chi connectivity index (χ3n) is 4.75. The lowest BCUT2D eigenvalue weighted by atomic mass is 10.1. The summed E-state index contributed by atoms with van der Waals surface area (Å²) in [6.45, 7) is 6.60. The lowest BCUT2D eigenvalue weighted by Gasteiger charge is -2.34. The molecular weight excluding hydrogens is 501 g/mol. The zero-order valence-corrected chi connectivity index (χ0v) is 19.8. The van der Waals surface area contributed by atoms with Gasteiger partial charge in [0.25, 0.3) is 0 Å². The summed E-state index contributed by atoms with van der Waals surface area (Å²) in [5.74, 6) is 1.66. The number of aromatic nitrogens is 2. The fourth-order valence-electron chi connectivity index (χ4n) is 3.20. The second kappa shape index (κ2) is 12.8. The Kier molecular flexibility index (Phi) is 10.4. The number of anilines is 1. The highest BCUT2D eigenvalue weighted by atomic mass is 127. The van der Waals surface area contributed by atoms with Crippen molar-refractivity contribution in [3.63, 3.8) is 0 Å². The third kappa shape index (κ3) is 7.94. The maximum Gasteiger partial charge on any atom is 0.225 e. The Labute approximate surface area is 195 Å². The number of halogens is 2. The number of hydrogen-bond acceptors (Lipinski definition) is 5. The number of hydrogen-bond donors (Lipinski definition) is 2. The molecule has 0 aliphatic carbocycles. The molecule has 1 fully saturated rings. The van der Waals surface area contributed by atoms with Crippen LogP contribution in [0.3, 0.4) is 0 Å². The summed E-state index contributed by atoms with van der Waals surface area (Å²) in [4.78, 5) is 17.6. The van der Waals surface area contributed by atoms with Crippen LogP contribution >= 0.6 is 35.6 Å². The number of benzene rings is 1. The Morgan fingerprint density at radius 3 is 2.48 bits per heavy atom. The summed E-state index contributed by atoms with van der Waals surface area (Å²) in [6.07, 6.45) is 4.50. The van der Waals surface area contributed by atoms with Crippen molar-refractivity contribution in [1.29, 1.82) is 0 Å². The molecule has 0 amide bonds. The van der Waals surface area contributed by atoms with Gasteiger partial charge >= 0.3 is 0 Å². The molecule has 2 heterocycles. The van der Waals surface area contributed by atoms with E-state index in [1.807, 2.05) is 24.3 Å². The average Bonchev–Trinajstić information content (AvgIpc) is 2.74. The van der Waals surface area contributed by atoms with Crippen molar-refractivity contribution >= 4 is 47.5 Å². The van der Waals surface area contributed by atoms with E-state index in [1.54, 1.807) is 19.4 Å². The van der Waals surface area contributed by atoms with Crippen molar-refractivity contribution < 1.29 is 0 Å². The Hall–Kier alpha value is -1.65. The fraction of sp³-hybridized carbons (Fsp3) is 0.450. The monoisotopic (exact) mass is 529 g/mol. The predicted molar refractivity (Wildman–Crippen MR) is 131 cm³/mol. The largest absolute Gasteiger partial charge is 0.356 e. The quantitative estimate of drug-likeness (QED) is 0.326. The first-order chi connectivity index (χ1) is 13.7. The summed E-state index contributed by atoms with van der Waals surface area (Å²) in [5, 5.41) is 7.52. The highest BCUT2D eigenvalue weighted by Crippen LogP contribution is 2.11. The van der Waals surface area contributed by atoms with Crippen LogP contribution in [-0.2, 0) is 6.42 Å². The molecule has 1 aliphatic heterocycles. The minimum atomic E-state index is 0. The molecule has 1 aliphatic rings. The van der Waals surface area contributed by atoms with Gasteiger partial charge in [0.1, 0.15) is 0 Å². The van der Waals surface area contributed by atoms with Gasteiger partial charge in [-0.1, -0.05) is 23.7 Å². The van der Waals surface area contributed by atoms with E-state index in [-0.39, 0.29) is 24.0 Å². The number of piperazine rings is 1. The molecule has 1 aromatic heterocycles. The maximum absolute atomic E-state index is 6.03. The standard InChI is InChI=1S/C20H28ClN7.HI/c1-22-19(23-9-6-17-4-2-5-18(21)16-17)24-10-11-27-12-14-28(15-13-27)20-25-7-3-8-26-20;/h2-5,7-8,16H,6,9-15H2,1H3,(H2,22,23,24);1H. The Bertz CT molecular complexity index is 752. The highest BCUT2D eigenvalue weighted by molar-refractivity contribution is 14.0. The molecule has 0 atom stereocenters. The second-order valence-corrected chi connectivity index (χ2v) is 7.12. The zero-order chi connectivity index (χ0) is 19.6. The maximum atomic E-state index is 6.03. The molecule has 9 heteroatoms. The third-order valence-corrected chi connectivity index (χ3v) is 4.98. The van der Waals surface area contributed by atoms with Crippen molar-refractivity contribution in [2.24, 2.45) is 4.99 Å². The Morgan fingerprint density at radius 1 is 1.07 bits per heavy atom. The van der Waals surface area contributed by atoms with Crippen LogP contribution in [0.4, 0.5) is 5.95 Å². The lowest BCUT2D eigenvalue weighted by Crippen LogP contribution is -2.49. The van der Waals surface area contributed by atoms with E-state index in [0.29, 0.717) is 0 Å². The highest BCUT2D eigenvalue weighted by Gasteiger charge is 2.18. The first kappa shape index (κ1) is 23.6. The van der Waals surface area contributed by atoms with Gasteiger partial charge in [0, 0.05) is 70.3 Å². The van der Waals surface area contributed by atoms with Crippen LogP contribution in [0.5, 0.6) is 0 Å². The van der Waals surface area contributed by atoms with Crippen molar-refractivity contribution in [2.45, 2.75) is 6.42 Å². The molecule has 29 heavy (non-hydrogen) atoms. The number of nitrogens with one attached hydrogen (secondary N) is 2. The molecule has 1 aromatic carbocycles. The Morgan fingerprint density at radius 2 is 1.79 bits per heavy atom. The van der Waals surface area contributed by atoms with Gasteiger partial charge in [-0.2, -0.15) is 0 Å². The van der Waals surface area contributed by atoms with Crippen molar-refractivity contribution in [3.8, 4) is 0 Å². The van der Waals surface area contributed by atoms with E-state index in [9.17, 15) is 0 Å². The van der Waals surface area contributed by atoms with Gasteiger partial charge in [0.15, 0.2) is 5.96 Å². The predicted octanol–water partition coefficient (Wildman–Crippen LogP) is 2.28. The second-order valence-electron chi connectivity index (χ2n) is 6.68. The number of rotatable bonds is 7. The molecule has 7 nitrogen and oxygen atoms in total. The SMILES string of the molecule is CN=C(NCCc1cccc(Cl)c1)NCCN1CCN(c2ncccn2)CC1.I. The van der Waals surface area contributed by atoms with Gasteiger partial charge in [-0.25, -0.2) is 9.97 Å². The minimum Gasteiger partial charge on any atom is -0.356 e. The fourth-order valence-corrected chi connectivity index (χ4v) is 3.41. The number of guanidine groups is 1. The van der Waals surface area contributed by atoms with Gasteiger partial charge in [-0.3, -0.25) is 9.89 Å². The van der Waals surface area contributed by atoms with E-state index in [0.717, 1.165) is 69.2 Å². The molecule has 0 unspecified atom stereocenters. The van der Waals surface area contributed by atoms with Crippen LogP contribution in [-0.4, -0.2) is 73.7 Å². The van der Waals surface area contributed by atoms with E-state index >= 15 is 0 Å². The first-order valence-corrected chi connectivity index (χ1v) is 10.1. The van der Waals surface area contributed by atoms with Crippen LogP contribution in [0.1, 0.15) is 5.56 Å². The molecule has 0 spiro atoms. The van der Waals surface area contributed by atoms with E-state index in [2.05, 4.69) is 41.5 Å². The minimum absolute atomic E-state index is 0. The van der Waals surface area contributed by atoms with Crippen LogP contribution in [0.2, 0.25) is 5.02 Å². The van der Waals surface area contributed by atoms with Gasteiger partial charge in [0.05, 0.1) is 0 Å². The molecule has 0 radical (unpaired) electrons. The molecule has 2 N–H and O–H groups in total. The molecule has 158 valence electrons. The van der Waals surface area contributed by atoms with Gasteiger partial charge in [-0.05, 0) is 30.2 Å². The summed E-state index contributed by atoms with van der Waals surface area (Å²) >= 11 is 6.03. The van der Waals surface area contributed by atoms with Gasteiger partial charge in [0.2, 0.25) is 5.95 Å². The van der Waals surface area contributed by atoms with Crippen LogP contribution < -0.4 is 15.5 Å². The van der Waals surface area contributed by atoms with Gasteiger partial charge < -0.3 is 15.5 Å². The van der Waals surface area contributed by atoms with E-state index in [4.69, 9.17) is 11.6 Å². The zero-order valence-electron chi connectivity index (χ0n) is 16.7. The van der Waals surface area contributed by atoms with E-state index < -0.39 is 0 Å². The normalized spacial score (nSPS) is 15.0. The molecular formula is C20H29ClIN7. The molecule has 3 rings (SSSR count). The smallest absolute Gasteiger partial charge is 0.225 e. The Balaban J connectivity index is 0.00000300. The topological polar surface area (TPSA) is 68.7 Å². The molecule has 2 aromatic rings. The summed E-state index contributed by atoms with van der Waals surface area (Å²) in [6, 6.07) is 9.81. The molecule has 0 saturated carbocycles. The number of aliphatic imine (C=N–C) groups is 1. The van der Waals surface area contributed by atoms with Crippen LogP contribution in [0.25, 0.3) is 0 Å².